The van der Waals surface area contributed by atoms with Gasteiger partial charge in [0.15, 0.2) is 6.04 Å². The zero-order valence-electron chi connectivity index (χ0n) is 17.3. The molecular weight excluding hydrogens is 398 g/mol. The van der Waals surface area contributed by atoms with Gasteiger partial charge in [0.1, 0.15) is 6.61 Å². The molecule has 1 aliphatic carbocycles. The molecule has 7 heteroatoms. The van der Waals surface area contributed by atoms with Crippen molar-refractivity contribution in [1.82, 2.24) is 5.32 Å². The number of fused-ring (bicyclic) bond motifs is 3. The van der Waals surface area contributed by atoms with Gasteiger partial charge in [0.2, 0.25) is 0 Å². The number of hydrogen-bond acceptors (Lipinski definition) is 5. The van der Waals surface area contributed by atoms with Crippen LogP contribution in [0.1, 0.15) is 29.9 Å². The van der Waals surface area contributed by atoms with Crippen LogP contribution in [-0.4, -0.2) is 56.2 Å². The standard InChI is InChI=1S/C24H27NO6/c26-23(27)22(15-30-13-16-9-11-29-12-10-16)25-24(28)31-14-21-19-7-3-1-5-17(19)18-6-2-4-8-20(18)21/h1-8,16,21-22H,9-15H2,(H,25,28)(H,26,27)/t22-/m1/s1. The lowest BCUT2D eigenvalue weighted by atomic mass is 9.98. The molecule has 0 unspecified atom stereocenters. The number of carboxylic acids is 1. The Morgan fingerprint density at radius 2 is 1.61 bits per heavy atom. The molecular formula is C24H27NO6. The second kappa shape index (κ2) is 9.94. The average Bonchev–Trinajstić information content (AvgIpc) is 3.11. The first-order chi connectivity index (χ1) is 15.1. The third kappa shape index (κ3) is 5.06. The molecule has 1 heterocycles. The minimum absolute atomic E-state index is 0.0776. The van der Waals surface area contributed by atoms with E-state index in [1.54, 1.807) is 0 Å². The fourth-order valence-corrected chi connectivity index (χ4v) is 4.22. The molecule has 0 spiro atoms. The normalized spacial score (nSPS) is 16.9. The van der Waals surface area contributed by atoms with Gasteiger partial charge >= 0.3 is 12.1 Å². The lowest BCUT2D eigenvalue weighted by Crippen LogP contribution is -2.44. The summed E-state index contributed by atoms with van der Waals surface area (Å²) in [6.45, 7) is 1.90. The van der Waals surface area contributed by atoms with Gasteiger partial charge in [-0.1, -0.05) is 48.5 Å². The lowest BCUT2D eigenvalue weighted by molar-refractivity contribution is -0.141. The highest BCUT2D eigenvalue weighted by Gasteiger charge is 2.30. The Bertz CT molecular complexity index is 878. The first-order valence-electron chi connectivity index (χ1n) is 10.6. The van der Waals surface area contributed by atoms with Crippen LogP contribution in [0.3, 0.4) is 0 Å². The van der Waals surface area contributed by atoms with Crippen LogP contribution < -0.4 is 5.32 Å². The first kappa shape index (κ1) is 21.3. The van der Waals surface area contributed by atoms with Crippen molar-refractivity contribution in [2.45, 2.75) is 24.8 Å². The molecule has 4 rings (SSSR count). The van der Waals surface area contributed by atoms with Crippen LogP contribution in [0.2, 0.25) is 0 Å². The Hall–Kier alpha value is -2.90. The van der Waals surface area contributed by atoms with Crippen molar-refractivity contribution in [2.24, 2.45) is 5.92 Å². The first-order valence-corrected chi connectivity index (χ1v) is 10.6. The van der Waals surface area contributed by atoms with Crippen molar-refractivity contribution in [3.63, 3.8) is 0 Å². The number of aliphatic carboxylic acids is 1. The van der Waals surface area contributed by atoms with E-state index in [0.717, 1.165) is 35.1 Å². The summed E-state index contributed by atoms with van der Waals surface area (Å²) >= 11 is 0. The lowest BCUT2D eigenvalue weighted by Gasteiger charge is -2.23. The van der Waals surface area contributed by atoms with Gasteiger partial charge in [-0.05, 0) is 41.0 Å². The maximum absolute atomic E-state index is 12.3. The van der Waals surface area contributed by atoms with Gasteiger partial charge in [-0.15, -0.1) is 0 Å². The van der Waals surface area contributed by atoms with E-state index < -0.39 is 18.1 Å². The topological polar surface area (TPSA) is 94.1 Å². The molecule has 0 aromatic heterocycles. The quantitative estimate of drug-likeness (QED) is 0.673. The van der Waals surface area contributed by atoms with Gasteiger partial charge < -0.3 is 24.6 Å². The Morgan fingerprint density at radius 3 is 2.23 bits per heavy atom. The van der Waals surface area contributed by atoms with E-state index in [1.807, 2.05) is 36.4 Å². The summed E-state index contributed by atoms with van der Waals surface area (Å²) in [6, 6.07) is 14.9. The maximum Gasteiger partial charge on any atom is 0.407 e. The molecule has 2 aromatic rings. The minimum Gasteiger partial charge on any atom is -0.480 e. The molecule has 2 N–H and O–H groups in total. The zero-order valence-corrected chi connectivity index (χ0v) is 17.3. The van der Waals surface area contributed by atoms with Crippen LogP contribution in [-0.2, 0) is 19.0 Å². The largest absolute Gasteiger partial charge is 0.480 e. The highest BCUT2D eigenvalue weighted by Crippen LogP contribution is 2.44. The SMILES string of the molecule is O=C(N[C@H](COCC1CCOCC1)C(=O)O)OCC1c2ccccc2-c2ccccc21. The Balaban J connectivity index is 1.31. The van der Waals surface area contributed by atoms with Crippen LogP contribution in [0, 0.1) is 5.92 Å². The summed E-state index contributed by atoms with van der Waals surface area (Å²) in [5, 5.41) is 11.8. The van der Waals surface area contributed by atoms with E-state index >= 15 is 0 Å². The molecule has 1 fully saturated rings. The molecule has 31 heavy (non-hydrogen) atoms. The Kier molecular flexibility index (Phi) is 6.84. The fraction of sp³-hybridized carbons (Fsp3) is 0.417. The Labute approximate surface area is 181 Å². The van der Waals surface area contributed by atoms with Crippen molar-refractivity contribution < 1.29 is 28.9 Å². The number of benzene rings is 2. The van der Waals surface area contributed by atoms with E-state index in [0.29, 0.717) is 25.7 Å². The zero-order chi connectivity index (χ0) is 21.6. The Morgan fingerprint density at radius 1 is 1.00 bits per heavy atom. The van der Waals surface area contributed by atoms with Gasteiger partial charge in [-0.2, -0.15) is 0 Å². The third-order valence-corrected chi connectivity index (χ3v) is 5.91. The smallest absolute Gasteiger partial charge is 0.407 e. The molecule has 2 aliphatic rings. The second-order valence-electron chi connectivity index (χ2n) is 7.95. The maximum atomic E-state index is 12.3. The van der Waals surface area contributed by atoms with Crippen LogP contribution in [0.4, 0.5) is 4.79 Å². The van der Waals surface area contributed by atoms with E-state index in [9.17, 15) is 14.7 Å². The number of carbonyl (C=O) groups is 2. The molecule has 1 amide bonds. The molecule has 1 saturated heterocycles. The molecule has 0 bridgehead atoms. The summed E-state index contributed by atoms with van der Waals surface area (Å²) < 4.78 is 16.3. The van der Waals surface area contributed by atoms with Gasteiger partial charge in [-0.3, -0.25) is 0 Å². The summed E-state index contributed by atoms with van der Waals surface area (Å²) in [5.74, 6) is -0.871. The molecule has 7 nitrogen and oxygen atoms in total. The van der Waals surface area contributed by atoms with Crippen molar-refractivity contribution in [3.8, 4) is 11.1 Å². The summed E-state index contributed by atoms with van der Waals surface area (Å²) in [6.07, 6.45) is 1.04. The van der Waals surface area contributed by atoms with Crippen LogP contribution >= 0.6 is 0 Å². The third-order valence-electron chi connectivity index (χ3n) is 5.91. The van der Waals surface area contributed by atoms with E-state index in [2.05, 4.69) is 17.4 Å². The average molecular weight is 425 g/mol. The fourth-order valence-electron chi connectivity index (χ4n) is 4.22. The van der Waals surface area contributed by atoms with Crippen molar-refractivity contribution >= 4 is 12.1 Å². The van der Waals surface area contributed by atoms with Gasteiger partial charge in [0.05, 0.1) is 6.61 Å². The predicted molar refractivity (Wildman–Crippen MR) is 114 cm³/mol. The van der Waals surface area contributed by atoms with E-state index in [1.165, 1.54) is 0 Å². The summed E-state index contributed by atoms with van der Waals surface area (Å²) in [5.41, 5.74) is 4.48. The number of carbonyl (C=O) groups excluding carboxylic acids is 1. The monoisotopic (exact) mass is 425 g/mol. The highest BCUT2D eigenvalue weighted by molar-refractivity contribution is 5.81. The number of carboxylic acid groups (broad SMARTS) is 1. The number of hydrogen-bond donors (Lipinski definition) is 2. The number of nitrogens with one attached hydrogen (secondary N) is 1. The van der Waals surface area contributed by atoms with Gasteiger partial charge in [-0.25, -0.2) is 9.59 Å². The molecule has 1 aliphatic heterocycles. The number of amides is 1. The number of alkyl carbamates (subject to hydrolysis) is 1. The molecule has 0 saturated carbocycles. The second-order valence-corrected chi connectivity index (χ2v) is 7.95. The van der Waals surface area contributed by atoms with E-state index in [-0.39, 0.29) is 19.1 Å². The van der Waals surface area contributed by atoms with Gasteiger partial charge in [0.25, 0.3) is 0 Å². The minimum atomic E-state index is -1.16. The molecule has 2 aromatic carbocycles. The predicted octanol–water partition coefficient (Wildman–Crippen LogP) is 3.42. The number of rotatable bonds is 8. The van der Waals surface area contributed by atoms with Crippen molar-refractivity contribution in [3.05, 3.63) is 59.7 Å². The van der Waals surface area contributed by atoms with Crippen LogP contribution in [0.15, 0.2) is 48.5 Å². The summed E-state index contributed by atoms with van der Waals surface area (Å²) in [4.78, 5) is 23.9. The van der Waals surface area contributed by atoms with Gasteiger partial charge in [0, 0.05) is 25.7 Å². The molecule has 164 valence electrons. The van der Waals surface area contributed by atoms with Crippen molar-refractivity contribution in [1.29, 1.82) is 0 Å². The van der Waals surface area contributed by atoms with Crippen molar-refractivity contribution in [2.75, 3.05) is 33.0 Å². The number of ether oxygens (including phenoxy) is 3. The molecule has 1 atom stereocenters. The summed E-state index contributed by atoms with van der Waals surface area (Å²) in [7, 11) is 0. The van der Waals surface area contributed by atoms with Crippen LogP contribution in [0.25, 0.3) is 11.1 Å². The molecule has 0 radical (unpaired) electrons. The highest BCUT2D eigenvalue weighted by atomic mass is 16.6. The van der Waals surface area contributed by atoms with Crippen LogP contribution in [0.5, 0.6) is 0 Å². The van der Waals surface area contributed by atoms with E-state index in [4.69, 9.17) is 14.2 Å².